The quantitative estimate of drug-likeness (QED) is 0.793. The Morgan fingerprint density at radius 1 is 1.65 bits per heavy atom. The van der Waals surface area contributed by atoms with E-state index in [-0.39, 0.29) is 5.91 Å². The van der Waals surface area contributed by atoms with Crippen LogP contribution in [-0.2, 0) is 17.1 Å². The molecule has 2 unspecified atom stereocenters. The molecular formula is C12H17ClN2OS. The van der Waals surface area contributed by atoms with Crippen molar-refractivity contribution in [3.05, 3.63) is 16.1 Å². The van der Waals surface area contributed by atoms with Gasteiger partial charge in [-0.15, -0.1) is 22.9 Å². The Morgan fingerprint density at radius 3 is 2.94 bits per heavy atom. The maximum absolute atomic E-state index is 12.1. The highest BCUT2D eigenvalue weighted by molar-refractivity contribution is 7.09. The van der Waals surface area contributed by atoms with Gasteiger partial charge < -0.3 is 4.90 Å². The molecule has 1 fully saturated rings. The van der Waals surface area contributed by atoms with Crippen LogP contribution in [0.3, 0.4) is 0 Å². The highest BCUT2D eigenvalue weighted by atomic mass is 35.5. The second-order valence-corrected chi connectivity index (χ2v) is 5.99. The fourth-order valence-electron chi connectivity index (χ4n) is 2.37. The monoisotopic (exact) mass is 272 g/mol. The van der Waals surface area contributed by atoms with Gasteiger partial charge >= 0.3 is 0 Å². The summed E-state index contributed by atoms with van der Waals surface area (Å²) in [7, 11) is 0. The molecule has 2 heterocycles. The minimum absolute atomic E-state index is 0.192. The second-order valence-electron chi connectivity index (χ2n) is 4.78. The maximum Gasteiger partial charge on any atom is 0.229 e. The maximum atomic E-state index is 12.1. The van der Waals surface area contributed by atoms with Gasteiger partial charge in [0.2, 0.25) is 5.91 Å². The lowest BCUT2D eigenvalue weighted by molar-refractivity contribution is -0.131. The fraction of sp³-hybridized carbons (Fsp3) is 0.667. The molecule has 1 saturated heterocycles. The number of rotatable bonds is 3. The molecule has 1 aromatic rings. The molecule has 0 aromatic carbocycles. The van der Waals surface area contributed by atoms with Crippen molar-refractivity contribution in [2.24, 2.45) is 5.92 Å². The average Bonchev–Trinajstić information content (AvgIpc) is 2.85. The zero-order valence-corrected chi connectivity index (χ0v) is 11.7. The van der Waals surface area contributed by atoms with Crippen molar-refractivity contribution < 1.29 is 4.79 Å². The Morgan fingerprint density at radius 2 is 2.41 bits per heavy atom. The number of hydrogen-bond acceptors (Lipinski definition) is 3. The fourth-order valence-corrected chi connectivity index (χ4v) is 3.38. The Labute approximate surface area is 111 Å². The minimum atomic E-state index is 0.192. The van der Waals surface area contributed by atoms with Crippen LogP contribution < -0.4 is 0 Å². The normalized spacial score (nSPS) is 24.3. The van der Waals surface area contributed by atoms with Crippen LogP contribution in [0.4, 0.5) is 0 Å². The zero-order chi connectivity index (χ0) is 12.4. The third-order valence-electron chi connectivity index (χ3n) is 3.14. The molecule has 1 amide bonds. The van der Waals surface area contributed by atoms with E-state index in [1.807, 2.05) is 10.3 Å². The Balaban J connectivity index is 1.97. The zero-order valence-electron chi connectivity index (χ0n) is 10.1. The van der Waals surface area contributed by atoms with Crippen molar-refractivity contribution in [1.29, 1.82) is 0 Å². The van der Waals surface area contributed by atoms with E-state index in [1.54, 1.807) is 0 Å². The summed E-state index contributed by atoms with van der Waals surface area (Å²) >= 11 is 7.22. The Kier molecular flexibility index (Phi) is 4.05. The van der Waals surface area contributed by atoms with E-state index >= 15 is 0 Å². The van der Waals surface area contributed by atoms with E-state index in [0.717, 1.165) is 23.7 Å². The summed E-state index contributed by atoms with van der Waals surface area (Å²) in [4.78, 5) is 18.4. The lowest BCUT2D eigenvalue weighted by Crippen LogP contribution is -2.35. The van der Waals surface area contributed by atoms with Gasteiger partial charge in [0.1, 0.15) is 5.01 Å². The number of carbonyl (C=O) groups excluding carboxylic acids is 1. The van der Waals surface area contributed by atoms with E-state index in [4.69, 9.17) is 11.6 Å². The van der Waals surface area contributed by atoms with E-state index < -0.39 is 0 Å². The molecule has 1 aromatic heterocycles. The molecule has 17 heavy (non-hydrogen) atoms. The summed E-state index contributed by atoms with van der Waals surface area (Å²) in [6.07, 6.45) is 1.52. The number of amides is 1. The summed E-state index contributed by atoms with van der Waals surface area (Å²) in [6, 6.07) is 0.366. The summed E-state index contributed by atoms with van der Waals surface area (Å²) in [5, 5.41) is 2.79. The smallest absolute Gasteiger partial charge is 0.229 e. The Bertz CT molecular complexity index is 407. The number of halogens is 1. The number of carbonyl (C=O) groups is 1. The van der Waals surface area contributed by atoms with Crippen molar-refractivity contribution in [3.8, 4) is 0 Å². The first-order chi connectivity index (χ1) is 8.10. The van der Waals surface area contributed by atoms with Gasteiger partial charge in [-0.2, -0.15) is 0 Å². The summed E-state index contributed by atoms with van der Waals surface area (Å²) in [6.45, 7) is 5.19. The molecule has 2 atom stereocenters. The van der Waals surface area contributed by atoms with Crippen LogP contribution in [0.15, 0.2) is 5.38 Å². The van der Waals surface area contributed by atoms with E-state index in [1.165, 1.54) is 11.3 Å². The molecular weight excluding hydrogens is 256 g/mol. The number of hydrogen-bond donors (Lipinski definition) is 0. The van der Waals surface area contributed by atoms with Gasteiger partial charge in [0.05, 0.1) is 18.0 Å². The van der Waals surface area contributed by atoms with Gasteiger partial charge in [-0.3, -0.25) is 4.79 Å². The van der Waals surface area contributed by atoms with Crippen LogP contribution in [0.1, 0.15) is 31.0 Å². The van der Waals surface area contributed by atoms with Crippen LogP contribution in [0.25, 0.3) is 0 Å². The molecule has 3 nitrogen and oxygen atoms in total. The summed E-state index contributed by atoms with van der Waals surface area (Å²) in [5.74, 6) is 1.22. The molecule has 0 bridgehead atoms. The molecule has 1 aliphatic heterocycles. The van der Waals surface area contributed by atoms with Crippen LogP contribution in [0, 0.1) is 5.92 Å². The van der Waals surface area contributed by atoms with Gasteiger partial charge in [0.25, 0.3) is 0 Å². The van der Waals surface area contributed by atoms with E-state index in [2.05, 4.69) is 18.8 Å². The average molecular weight is 273 g/mol. The van der Waals surface area contributed by atoms with Gasteiger partial charge in [-0.05, 0) is 19.3 Å². The predicted molar refractivity (Wildman–Crippen MR) is 70.3 cm³/mol. The lowest BCUT2D eigenvalue weighted by atomic mass is 10.1. The van der Waals surface area contributed by atoms with Gasteiger partial charge in [-0.25, -0.2) is 4.98 Å². The first-order valence-electron chi connectivity index (χ1n) is 5.89. The van der Waals surface area contributed by atoms with Crippen molar-refractivity contribution in [1.82, 2.24) is 9.88 Å². The second kappa shape index (κ2) is 5.36. The topological polar surface area (TPSA) is 33.2 Å². The largest absolute Gasteiger partial charge is 0.339 e. The number of thiazole rings is 1. The first kappa shape index (κ1) is 12.8. The molecule has 0 saturated carbocycles. The minimum Gasteiger partial charge on any atom is -0.339 e. The molecule has 2 rings (SSSR count). The van der Waals surface area contributed by atoms with E-state index in [0.29, 0.717) is 24.3 Å². The van der Waals surface area contributed by atoms with Crippen LogP contribution in [0.2, 0.25) is 0 Å². The number of likely N-dealkylation sites (tertiary alicyclic amines) is 1. The highest BCUT2D eigenvalue weighted by Gasteiger charge is 2.29. The molecule has 0 N–H and O–H groups in total. The molecule has 94 valence electrons. The predicted octanol–water partition coefficient (Wildman–Crippen LogP) is 2.68. The van der Waals surface area contributed by atoms with Crippen molar-refractivity contribution >= 4 is 28.8 Å². The number of nitrogens with zero attached hydrogens (tertiary/aromatic N) is 2. The van der Waals surface area contributed by atoms with Gasteiger partial charge in [0.15, 0.2) is 0 Å². The number of alkyl halides is 1. The van der Waals surface area contributed by atoms with Crippen molar-refractivity contribution in [3.63, 3.8) is 0 Å². The Hall–Kier alpha value is -0.610. The van der Waals surface area contributed by atoms with Crippen molar-refractivity contribution in [2.45, 2.75) is 38.6 Å². The SMILES string of the molecule is CC1CC(C)N(C(=O)Cc2nc(CCl)cs2)C1. The number of aromatic nitrogens is 1. The first-order valence-corrected chi connectivity index (χ1v) is 7.30. The lowest BCUT2D eigenvalue weighted by Gasteiger charge is -2.20. The molecule has 5 heteroatoms. The van der Waals surface area contributed by atoms with Crippen LogP contribution in [-0.4, -0.2) is 28.4 Å². The molecule has 0 radical (unpaired) electrons. The molecule has 0 aliphatic carbocycles. The van der Waals surface area contributed by atoms with Crippen LogP contribution >= 0.6 is 22.9 Å². The highest BCUT2D eigenvalue weighted by Crippen LogP contribution is 2.23. The third-order valence-corrected chi connectivity index (χ3v) is 4.31. The summed E-state index contributed by atoms with van der Waals surface area (Å²) < 4.78 is 0. The van der Waals surface area contributed by atoms with Gasteiger partial charge in [-0.1, -0.05) is 6.92 Å². The third kappa shape index (κ3) is 2.99. The molecule has 0 spiro atoms. The van der Waals surface area contributed by atoms with Crippen LogP contribution in [0.5, 0.6) is 0 Å². The molecule has 1 aliphatic rings. The van der Waals surface area contributed by atoms with Crippen molar-refractivity contribution in [2.75, 3.05) is 6.54 Å². The van der Waals surface area contributed by atoms with Gasteiger partial charge in [0, 0.05) is 18.0 Å². The summed E-state index contributed by atoms with van der Waals surface area (Å²) in [5.41, 5.74) is 0.863. The standard InChI is InChI=1S/C12H17ClN2OS/c1-8-3-9(2)15(6-8)12(16)4-11-14-10(5-13)7-17-11/h7-9H,3-6H2,1-2H3. The van der Waals surface area contributed by atoms with E-state index in [9.17, 15) is 4.79 Å².